The van der Waals surface area contributed by atoms with Crippen molar-refractivity contribution in [3.8, 4) is 5.75 Å². The standard InChI is InChI=1S/C15H17NO2/c16-14-7-1-6-13-12(14)5-2-8-15(13)18-10-11-4-3-9-17-11/h1-2,5-8,11H,3-4,9-10,16H2. The highest BCUT2D eigenvalue weighted by molar-refractivity contribution is 5.96. The van der Waals surface area contributed by atoms with E-state index in [0.29, 0.717) is 6.61 Å². The Morgan fingerprint density at radius 1 is 1.17 bits per heavy atom. The Morgan fingerprint density at radius 3 is 2.83 bits per heavy atom. The van der Waals surface area contributed by atoms with Crippen LogP contribution in [0.1, 0.15) is 12.8 Å². The van der Waals surface area contributed by atoms with E-state index in [9.17, 15) is 0 Å². The number of ether oxygens (including phenoxy) is 2. The predicted octanol–water partition coefficient (Wildman–Crippen LogP) is 2.98. The van der Waals surface area contributed by atoms with E-state index in [-0.39, 0.29) is 6.10 Å². The maximum atomic E-state index is 5.96. The summed E-state index contributed by atoms with van der Waals surface area (Å²) < 4.78 is 11.4. The lowest BCUT2D eigenvalue weighted by atomic mass is 10.1. The fourth-order valence-electron chi connectivity index (χ4n) is 2.39. The van der Waals surface area contributed by atoms with Gasteiger partial charge in [-0.25, -0.2) is 0 Å². The maximum absolute atomic E-state index is 5.96. The van der Waals surface area contributed by atoms with Crippen LogP contribution in [0.2, 0.25) is 0 Å². The summed E-state index contributed by atoms with van der Waals surface area (Å²) in [5.74, 6) is 0.885. The van der Waals surface area contributed by atoms with Crippen molar-refractivity contribution < 1.29 is 9.47 Å². The number of rotatable bonds is 3. The number of hydrogen-bond donors (Lipinski definition) is 1. The van der Waals surface area contributed by atoms with E-state index in [4.69, 9.17) is 15.2 Å². The average molecular weight is 243 g/mol. The predicted molar refractivity (Wildman–Crippen MR) is 72.8 cm³/mol. The molecule has 0 aromatic heterocycles. The maximum Gasteiger partial charge on any atom is 0.127 e. The highest BCUT2D eigenvalue weighted by Gasteiger charge is 2.16. The molecule has 0 bridgehead atoms. The minimum Gasteiger partial charge on any atom is -0.490 e. The molecule has 2 aromatic rings. The number of hydrogen-bond acceptors (Lipinski definition) is 3. The van der Waals surface area contributed by atoms with Gasteiger partial charge < -0.3 is 15.2 Å². The molecule has 3 nitrogen and oxygen atoms in total. The van der Waals surface area contributed by atoms with Gasteiger partial charge in [-0.1, -0.05) is 24.3 Å². The van der Waals surface area contributed by atoms with Crippen LogP contribution < -0.4 is 10.5 Å². The molecule has 94 valence electrons. The number of nitrogen functional groups attached to an aromatic ring is 1. The first kappa shape index (κ1) is 11.4. The van der Waals surface area contributed by atoms with Gasteiger partial charge >= 0.3 is 0 Å². The molecule has 0 aliphatic carbocycles. The third kappa shape index (κ3) is 2.14. The van der Waals surface area contributed by atoms with Crippen molar-refractivity contribution >= 4 is 16.5 Å². The third-order valence-electron chi connectivity index (χ3n) is 3.36. The zero-order valence-electron chi connectivity index (χ0n) is 10.3. The number of anilines is 1. The van der Waals surface area contributed by atoms with Crippen molar-refractivity contribution in [2.45, 2.75) is 18.9 Å². The molecule has 0 spiro atoms. The monoisotopic (exact) mass is 243 g/mol. The zero-order valence-corrected chi connectivity index (χ0v) is 10.3. The van der Waals surface area contributed by atoms with Crippen LogP contribution in [0.5, 0.6) is 5.75 Å². The summed E-state index contributed by atoms with van der Waals surface area (Å²) >= 11 is 0. The van der Waals surface area contributed by atoms with Crippen LogP contribution in [-0.2, 0) is 4.74 Å². The minimum absolute atomic E-state index is 0.237. The Labute approximate surface area is 106 Å². The van der Waals surface area contributed by atoms with Crippen molar-refractivity contribution in [3.63, 3.8) is 0 Å². The second kappa shape index (κ2) is 4.86. The van der Waals surface area contributed by atoms with Gasteiger partial charge in [0.15, 0.2) is 0 Å². The molecule has 1 fully saturated rings. The van der Waals surface area contributed by atoms with E-state index >= 15 is 0 Å². The fourth-order valence-corrected chi connectivity index (χ4v) is 2.39. The molecule has 1 unspecified atom stereocenters. The molecule has 3 rings (SSSR count). The molecule has 1 saturated heterocycles. The van der Waals surface area contributed by atoms with Crippen molar-refractivity contribution in [2.24, 2.45) is 0 Å². The summed E-state index contributed by atoms with van der Waals surface area (Å²) in [6.45, 7) is 1.48. The number of fused-ring (bicyclic) bond motifs is 1. The molecule has 0 saturated carbocycles. The molecule has 1 heterocycles. The van der Waals surface area contributed by atoms with Crippen LogP contribution in [0, 0.1) is 0 Å². The summed E-state index contributed by atoms with van der Waals surface area (Å²) in [6, 6.07) is 11.9. The quantitative estimate of drug-likeness (QED) is 0.843. The van der Waals surface area contributed by atoms with Gasteiger partial charge in [0.1, 0.15) is 12.4 Å². The van der Waals surface area contributed by atoms with Gasteiger partial charge in [-0.2, -0.15) is 0 Å². The van der Waals surface area contributed by atoms with Gasteiger partial charge in [0, 0.05) is 23.1 Å². The van der Waals surface area contributed by atoms with Crippen molar-refractivity contribution in [1.29, 1.82) is 0 Å². The molecular formula is C15H17NO2. The van der Waals surface area contributed by atoms with Crippen LogP contribution in [0.25, 0.3) is 10.8 Å². The Kier molecular flexibility index (Phi) is 3.07. The fraction of sp³-hybridized carbons (Fsp3) is 0.333. The lowest BCUT2D eigenvalue weighted by molar-refractivity contribution is 0.0685. The van der Waals surface area contributed by atoms with Gasteiger partial charge in [-0.3, -0.25) is 0 Å². The number of nitrogens with two attached hydrogens (primary N) is 1. The largest absolute Gasteiger partial charge is 0.490 e. The number of benzene rings is 2. The van der Waals surface area contributed by atoms with Gasteiger partial charge in [0.05, 0.1) is 6.10 Å². The zero-order chi connectivity index (χ0) is 12.4. The Hall–Kier alpha value is -1.74. The van der Waals surface area contributed by atoms with Crippen molar-refractivity contribution in [2.75, 3.05) is 18.9 Å². The lowest BCUT2D eigenvalue weighted by Crippen LogP contribution is -2.16. The first-order valence-electron chi connectivity index (χ1n) is 6.36. The van der Waals surface area contributed by atoms with Crippen LogP contribution in [0.3, 0.4) is 0 Å². The molecule has 1 aliphatic rings. The molecule has 2 aromatic carbocycles. The summed E-state index contributed by atoms with van der Waals surface area (Å²) in [5.41, 5.74) is 6.75. The van der Waals surface area contributed by atoms with E-state index in [1.165, 1.54) is 0 Å². The average Bonchev–Trinajstić information content (AvgIpc) is 2.90. The summed E-state index contributed by atoms with van der Waals surface area (Å²) in [5, 5.41) is 2.11. The second-order valence-electron chi connectivity index (χ2n) is 4.64. The van der Waals surface area contributed by atoms with E-state index in [1.54, 1.807) is 0 Å². The van der Waals surface area contributed by atoms with Gasteiger partial charge in [-0.15, -0.1) is 0 Å². The molecule has 1 atom stereocenters. The van der Waals surface area contributed by atoms with Crippen LogP contribution in [-0.4, -0.2) is 19.3 Å². The van der Waals surface area contributed by atoms with E-state index in [0.717, 1.165) is 41.7 Å². The van der Waals surface area contributed by atoms with Crippen molar-refractivity contribution in [3.05, 3.63) is 36.4 Å². The molecule has 1 aliphatic heterocycles. The molecule has 3 heteroatoms. The SMILES string of the molecule is Nc1cccc2c(OCC3CCCO3)cccc12. The van der Waals surface area contributed by atoms with E-state index in [1.807, 2.05) is 36.4 Å². The van der Waals surface area contributed by atoms with E-state index < -0.39 is 0 Å². The third-order valence-corrected chi connectivity index (χ3v) is 3.36. The van der Waals surface area contributed by atoms with Crippen molar-refractivity contribution in [1.82, 2.24) is 0 Å². The molecule has 0 radical (unpaired) electrons. The lowest BCUT2D eigenvalue weighted by Gasteiger charge is -2.13. The molecule has 2 N–H and O–H groups in total. The molecule has 18 heavy (non-hydrogen) atoms. The Morgan fingerprint density at radius 2 is 2.00 bits per heavy atom. The van der Waals surface area contributed by atoms with Crippen LogP contribution >= 0.6 is 0 Å². The molecular weight excluding hydrogens is 226 g/mol. The van der Waals surface area contributed by atoms with Crippen LogP contribution in [0.15, 0.2) is 36.4 Å². The highest BCUT2D eigenvalue weighted by Crippen LogP contribution is 2.29. The topological polar surface area (TPSA) is 44.5 Å². The second-order valence-corrected chi connectivity index (χ2v) is 4.64. The smallest absolute Gasteiger partial charge is 0.127 e. The van der Waals surface area contributed by atoms with E-state index in [2.05, 4.69) is 0 Å². The normalized spacial score (nSPS) is 19.2. The highest BCUT2D eigenvalue weighted by atomic mass is 16.5. The molecule has 0 amide bonds. The Bertz CT molecular complexity index is 547. The summed E-state index contributed by atoms with van der Waals surface area (Å²) in [7, 11) is 0. The van der Waals surface area contributed by atoms with Gasteiger partial charge in [0.25, 0.3) is 0 Å². The minimum atomic E-state index is 0.237. The van der Waals surface area contributed by atoms with Crippen LogP contribution in [0.4, 0.5) is 5.69 Å². The summed E-state index contributed by atoms with van der Waals surface area (Å²) in [4.78, 5) is 0. The summed E-state index contributed by atoms with van der Waals surface area (Å²) in [6.07, 6.45) is 2.46. The van der Waals surface area contributed by atoms with Gasteiger partial charge in [0.2, 0.25) is 0 Å². The first-order chi connectivity index (χ1) is 8.84. The first-order valence-corrected chi connectivity index (χ1v) is 6.36. The van der Waals surface area contributed by atoms with Gasteiger partial charge in [-0.05, 0) is 25.0 Å². The Balaban J connectivity index is 1.85.